The number of pyridine rings is 1. The first kappa shape index (κ1) is 16.6. The average molecular weight is 349 g/mol. The number of carbonyl (C=O) groups is 1. The highest BCUT2D eigenvalue weighted by Gasteiger charge is 2.27. The zero-order chi connectivity index (χ0) is 18.1. The van der Waals surface area contributed by atoms with Crippen LogP contribution >= 0.6 is 0 Å². The predicted molar refractivity (Wildman–Crippen MR) is 102 cm³/mol. The van der Waals surface area contributed by atoms with Gasteiger partial charge in [-0.3, -0.25) is 9.48 Å². The number of aromatic nitrogens is 3. The van der Waals surface area contributed by atoms with Crippen molar-refractivity contribution >= 4 is 22.6 Å². The number of nitrogens with zero attached hydrogens (tertiary/aromatic N) is 5. The zero-order valence-electron chi connectivity index (χ0n) is 15.2. The molecule has 1 aliphatic heterocycles. The van der Waals surface area contributed by atoms with Gasteiger partial charge in [0.25, 0.3) is 5.91 Å². The SMILES string of the molecule is CN(C)c1cc(C(=O)N2CCC[C@@H](n3cccn3)C2)c2ccccc2n1. The third-order valence-corrected chi connectivity index (χ3v) is 4.97. The largest absolute Gasteiger partial charge is 0.363 e. The number of carbonyl (C=O) groups excluding carboxylic acids is 1. The molecule has 1 saturated heterocycles. The lowest BCUT2D eigenvalue weighted by Crippen LogP contribution is -2.41. The molecule has 6 nitrogen and oxygen atoms in total. The maximum absolute atomic E-state index is 13.4. The van der Waals surface area contributed by atoms with Gasteiger partial charge in [-0.1, -0.05) is 18.2 Å². The van der Waals surface area contributed by atoms with Crippen LogP contribution in [0.5, 0.6) is 0 Å². The first-order valence-electron chi connectivity index (χ1n) is 8.99. The number of rotatable bonds is 3. The van der Waals surface area contributed by atoms with E-state index in [0.29, 0.717) is 6.54 Å². The Balaban J connectivity index is 1.69. The Bertz CT molecular complexity index is 919. The summed E-state index contributed by atoms with van der Waals surface area (Å²) >= 11 is 0. The molecule has 0 radical (unpaired) electrons. The van der Waals surface area contributed by atoms with Gasteiger partial charge in [-0.05, 0) is 31.0 Å². The van der Waals surface area contributed by atoms with Crippen molar-refractivity contribution in [2.45, 2.75) is 18.9 Å². The summed E-state index contributed by atoms with van der Waals surface area (Å²) in [6.45, 7) is 1.47. The van der Waals surface area contributed by atoms with Gasteiger partial charge in [-0.15, -0.1) is 0 Å². The van der Waals surface area contributed by atoms with Crippen molar-refractivity contribution in [3.8, 4) is 0 Å². The van der Waals surface area contributed by atoms with Gasteiger partial charge >= 0.3 is 0 Å². The number of benzene rings is 1. The van der Waals surface area contributed by atoms with Crippen molar-refractivity contribution in [1.29, 1.82) is 0 Å². The van der Waals surface area contributed by atoms with E-state index in [2.05, 4.69) is 10.1 Å². The fourth-order valence-corrected chi connectivity index (χ4v) is 3.59. The molecule has 1 aliphatic rings. The van der Waals surface area contributed by atoms with Crippen molar-refractivity contribution in [2.24, 2.45) is 0 Å². The van der Waals surface area contributed by atoms with Crippen LogP contribution in [0.2, 0.25) is 0 Å². The van der Waals surface area contributed by atoms with Crippen LogP contribution in [0.15, 0.2) is 48.8 Å². The van der Waals surface area contributed by atoms with E-state index in [1.807, 2.05) is 71.2 Å². The second-order valence-corrected chi connectivity index (χ2v) is 6.97. The van der Waals surface area contributed by atoms with Gasteiger partial charge in [-0.25, -0.2) is 4.98 Å². The van der Waals surface area contributed by atoms with E-state index in [4.69, 9.17) is 0 Å². The minimum absolute atomic E-state index is 0.0727. The summed E-state index contributed by atoms with van der Waals surface area (Å²) in [5, 5.41) is 5.26. The molecule has 6 heteroatoms. The highest BCUT2D eigenvalue weighted by Crippen LogP contribution is 2.27. The van der Waals surface area contributed by atoms with Gasteiger partial charge in [0.15, 0.2) is 0 Å². The van der Waals surface area contributed by atoms with E-state index < -0.39 is 0 Å². The van der Waals surface area contributed by atoms with Gasteiger partial charge in [-0.2, -0.15) is 5.10 Å². The normalized spacial score (nSPS) is 17.5. The van der Waals surface area contributed by atoms with Crippen molar-refractivity contribution < 1.29 is 4.79 Å². The maximum atomic E-state index is 13.4. The Morgan fingerprint density at radius 1 is 1.23 bits per heavy atom. The van der Waals surface area contributed by atoms with Crippen LogP contribution < -0.4 is 4.90 Å². The van der Waals surface area contributed by atoms with Gasteiger partial charge in [0.2, 0.25) is 0 Å². The van der Waals surface area contributed by atoms with E-state index in [9.17, 15) is 4.79 Å². The molecule has 26 heavy (non-hydrogen) atoms. The molecule has 1 aromatic carbocycles. The minimum Gasteiger partial charge on any atom is -0.363 e. The number of hydrogen-bond donors (Lipinski definition) is 0. The molecule has 0 spiro atoms. The first-order valence-corrected chi connectivity index (χ1v) is 8.99. The summed E-state index contributed by atoms with van der Waals surface area (Å²) in [5.74, 6) is 0.872. The van der Waals surface area contributed by atoms with Crippen molar-refractivity contribution in [1.82, 2.24) is 19.7 Å². The Kier molecular flexibility index (Phi) is 4.32. The lowest BCUT2D eigenvalue weighted by atomic mass is 10.0. The molecular weight excluding hydrogens is 326 g/mol. The monoisotopic (exact) mass is 349 g/mol. The maximum Gasteiger partial charge on any atom is 0.254 e. The fraction of sp³-hybridized carbons (Fsp3) is 0.350. The molecule has 0 bridgehead atoms. The molecule has 1 atom stereocenters. The number of fused-ring (bicyclic) bond motifs is 1. The van der Waals surface area contributed by atoms with E-state index in [0.717, 1.165) is 41.7 Å². The minimum atomic E-state index is 0.0727. The molecule has 3 aromatic rings. The Hall–Kier alpha value is -2.89. The van der Waals surface area contributed by atoms with Gasteiger partial charge < -0.3 is 9.80 Å². The number of hydrogen-bond acceptors (Lipinski definition) is 4. The number of piperidine rings is 1. The fourth-order valence-electron chi connectivity index (χ4n) is 3.59. The van der Waals surface area contributed by atoms with Crippen molar-refractivity contribution in [3.05, 3.63) is 54.4 Å². The van der Waals surface area contributed by atoms with Gasteiger partial charge in [0.1, 0.15) is 5.82 Å². The molecule has 3 heterocycles. The van der Waals surface area contributed by atoms with Crippen LogP contribution in [0, 0.1) is 0 Å². The van der Waals surface area contributed by atoms with Gasteiger partial charge in [0.05, 0.1) is 17.1 Å². The third kappa shape index (κ3) is 3.03. The van der Waals surface area contributed by atoms with Crippen LogP contribution in [0.1, 0.15) is 29.2 Å². The predicted octanol–water partition coefficient (Wildman–Crippen LogP) is 2.97. The zero-order valence-corrected chi connectivity index (χ0v) is 15.2. The van der Waals surface area contributed by atoms with Crippen LogP contribution in [0.3, 0.4) is 0 Å². The lowest BCUT2D eigenvalue weighted by molar-refractivity contribution is 0.0675. The third-order valence-electron chi connectivity index (χ3n) is 4.97. The summed E-state index contributed by atoms with van der Waals surface area (Å²) in [6, 6.07) is 11.9. The molecule has 1 fully saturated rings. The molecule has 0 unspecified atom stereocenters. The number of para-hydroxylation sites is 1. The summed E-state index contributed by atoms with van der Waals surface area (Å²) < 4.78 is 1.97. The van der Waals surface area contributed by atoms with E-state index in [1.165, 1.54) is 0 Å². The van der Waals surface area contributed by atoms with Crippen LogP contribution in [-0.2, 0) is 0 Å². The Labute approximate surface area is 153 Å². The van der Waals surface area contributed by atoms with E-state index in [-0.39, 0.29) is 11.9 Å². The van der Waals surface area contributed by atoms with Crippen LogP contribution in [-0.4, -0.2) is 52.8 Å². The van der Waals surface area contributed by atoms with Crippen LogP contribution in [0.25, 0.3) is 10.9 Å². The summed E-state index contributed by atoms with van der Waals surface area (Å²) in [6.07, 6.45) is 5.80. The topological polar surface area (TPSA) is 54.3 Å². The molecule has 0 saturated carbocycles. The molecule has 134 valence electrons. The summed E-state index contributed by atoms with van der Waals surface area (Å²) in [4.78, 5) is 21.9. The standard InChI is InChI=1S/C20H23N5O/c1-23(2)19-13-17(16-8-3-4-9-18(16)22-19)20(26)24-11-5-7-15(14-24)25-12-6-10-21-25/h3-4,6,8-10,12-13,15H,5,7,11,14H2,1-2H3/t15-/m1/s1. The van der Waals surface area contributed by atoms with E-state index in [1.54, 1.807) is 6.20 Å². The quantitative estimate of drug-likeness (QED) is 0.729. The summed E-state index contributed by atoms with van der Waals surface area (Å²) in [5.41, 5.74) is 1.57. The number of amides is 1. The Morgan fingerprint density at radius 3 is 2.85 bits per heavy atom. The van der Waals surface area contributed by atoms with Crippen LogP contribution in [0.4, 0.5) is 5.82 Å². The lowest BCUT2D eigenvalue weighted by Gasteiger charge is -2.33. The second-order valence-electron chi connectivity index (χ2n) is 6.97. The van der Waals surface area contributed by atoms with E-state index >= 15 is 0 Å². The highest BCUT2D eigenvalue weighted by molar-refractivity contribution is 6.07. The second kappa shape index (κ2) is 6.78. The number of likely N-dealkylation sites (tertiary alicyclic amines) is 1. The summed E-state index contributed by atoms with van der Waals surface area (Å²) in [7, 11) is 3.89. The molecule has 4 rings (SSSR count). The molecule has 2 aromatic heterocycles. The van der Waals surface area contributed by atoms with Gasteiger partial charge in [0, 0.05) is 45.0 Å². The smallest absolute Gasteiger partial charge is 0.254 e. The first-order chi connectivity index (χ1) is 12.6. The van der Waals surface area contributed by atoms with Crippen molar-refractivity contribution in [2.75, 3.05) is 32.1 Å². The highest BCUT2D eigenvalue weighted by atomic mass is 16.2. The molecule has 1 amide bonds. The Morgan fingerprint density at radius 2 is 2.08 bits per heavy atom. The number of anilines is 1. The molecule has 0 aliphatic carbocycles. The molecular formula is C20H23N5O. The van der Waals surface area contributed by atoms with Crippen molar-refractivity contribution in [3.63, 3.8) is 0 Å². The molecule has 0 N–H and O–H groups in total. The average Bonchev–Trinajstić information content (AvgIpc) is 3.21.